The third-order valence-electron chi connectivity index (χ3n) is 3.37. The van der Waals surface area contributed by atoms with Crippen LogP contribution in [0.25, 0.3) is 0 Å². The topological polar surface area (TPSA) is 59.0 Å². The van der Waals surface area contributed by atoms with Crippen LogP contribution in [-0.4, -0.2) is 35.3 Å². The summed E-state index contributed by atoms with van der Waals surface area (Å²) in [4.78, 5) is 11.8. The fourth-order valence-corrected chi connectivity index (χ4v) is 2.33. The number of carbonyl (C=O) groups is 1. The van der Waals surface area contributed by atoms with Gasteiger partial charge in [-0.2, -0.15) is 5.10 Å². The maximum atomic E-state index is 11.8. The molecule has 0 aliphatic carbocycles. The second kappa shape index (κ2) is 8.17. The summed E-state index contributed by atoms with van der Waals surface area (Å²) in [6, 6.07) is 0. The van der Waals surface area contributed by atoms with Crippen LogP contribution in [-0.2, 0) is 18.3 Å². The lowest BCUT2D eigenvalue weighted by Crippen LogP contribution is -2.40. The number of nitrogens with zero attached hydrogens (tertiary/aromatic N) is 2. The molecular formula is C13H23ClN4O. The molecule has 0 aromatic carbocycles. The van der Waals surface area contributed by atoms with E-state index in [4.69, 9.17) is 0 Å². The Labute approximate surface area is 120 Å². The van der Waals surface area contributed by atoms with Gasteiger partial charge < -0.3 is 10.6 Å². The number of hydrogen-bond donors (Lipinski definition) is 2. The molecule has 0 bridgehead atoms. The van der Waals surface area contributed by atoms with Gasteiger partial charge in [-0.25, -0.2) is 0 Å². The Bertz CT molecular complexity index is 388. The first-order chi connectivity index (χ1) is 8.75. The SMILES string of the molecule is Cl.Cn1cc(CCCNC(=O)C2CCCNC2)cn1. The minimum Gasteiger partial charge on any atom is -0.356 e. The van der Waals surface area contributed by atoms with Crippen molar-refractivity contribution in [1.82, 2.24) is 20.4 Å². The standard InChI is InChI=1S/C13H22N4O.ClH/c1-17-10-11(8-16-17)4-2-7-15-13(18)12-5-3-6-14-9-12;/h8,10,12,14H,2-7,9H2,1H3,(H,15,18);1H. The second-order valence-corrected chi connectivity index (χ2v) is 4.96. The van der Waals surface area contributed by atoms with E-state index >= 15 is 0 Å². The minimum absolute atomic E-state index is 0. The van der Waals surface area contributed by atoms with Crippen molar-refractivity contribution in [3.63, 3.8) is 0 Å². The lowest BCUT2D eigenvalue weighted by atomic mass is 9.99. The molecule has 0 saturated carbocycles. The Hall–Kier alpha value is -1.07. The molecule has 1 aromatic rings. The Morgan fingerprint density at radius 3 is 3.11 bits per heavy atom. The van der Waals surface area contributed by atoms with E-state index in [-0.39, 0.29) is 24.2 Å². The fraction of sp³-hybridized carbons (Fsp3) is 0.692. The van der Waals surface area contributed by atoms with Crippen LogP contribution in [0.5, 0.6) is 0 Å². The lowest BCUT2D eigenvalue weighted by molar-refractivity contribution is -0.125. The van der Waals surface area contributed by atoms with Gasteiger partial charge in [-0.1, -0.05) is 0 Å². The normalized spacial score (nSPS) is 18.7. The highest BCUT2D eigenvalue weighted by atomic mass is 35.5. The average molecular weight is 287 g/mol. The molecule has 1 amide bonds. The monoisotopic (exact) mass is 286 g/mol. The summed E-state index contributed by atoms with van der Waals surface area (Å²) in [5.74, 6) is 0.366. The molecule has 6 heteroatoms. The van der Waals surface area contributed by atoms with Crippen LogP contribution >= 0.6 is 12.4 Å². The van der Waals surface area contributed by atoms with Crippen LogP contribution < -0.4 is 10.6 Å². The Morgan fingerprint density at radius 1 is 1.63 bits per heavy atom. The molecule has 19 heavy (non-hydrogen) atoms. The molecular weight excluding hydrogens is 264 g/mol. The highest BCUT2D eigenvalue weighted by Gasteiger charge is 2.19. The van der Waals surface area contributed by atoms with Crippen molar-refractivity contribution in [2.45, 2.75) is 25.7 Å². The number of aryl methyl sites for hydroxylation is 2. The fourth-order valence-electron chi connectivity index (χ4n) is 2.33. The van der Waals surface area contributed by atoms with E-state index in [0.717, 1.165) is 45.3 Å². The van der Waals surface area contributed by atoms with Gasteiger partial charge >= 0.3 is 0 Å². The molecule has 2 N–H and O–H groups in total. The maximum absolute atomic E-state index is 11.8. The minimum atomic E-state index is 0. The van der Waals surface area contributed by atoms with Gasteiger partial charge in [-0.15, -0.1) is 12.4 Å². The van der Waals surface area contributed by atoms with Gasteiger partial charge in [0, 0.05) is 26.3 Å². The number of halogens is 1. The summed E-state index contributed by atoms with van der Waals surface area (Å²) in [7, 11) is 1.92. The molecule has 1 saturated heterocycles. The molecule has 5 nitrogen and oxygen atoms in total. The van der Waals surface area contributed by atoms with E-state index < -0.39 is 0 Å². The molecule has 1 atom stereocenters. The van der Waals surface area contributed by atoms with E-state index in [2.05, 4.69) is 15.7 Å². The number of rotatable bonds is 5. The highest BCUT2D eigenvalue weighted by molar-refractivity contribution is 5.85. The van der Waals surface area contributed by atoms with Crippen molar-refractivity contribution < 1.29 is 4.79 Å². The van der Waals surface area contributed by atoms with Crippen molar-refractivity contribution in [1.29, 1.82) is 0 Å². The van der Waals surface area contributed by atoms with Crippen molar-refractivity contribution in [3.05, 3.63) is 18.0 Å². The number of hydrogen-bond acceptors (Lipinski definition) is 3. The molecule has 1 aromatic heterocycles. The van der Waals surface area contributed by atoms with Crippen LogP contribution in [0.4, 0.5) is 0 Å². The zero-order chi connectivity index (χ0) is 12.8. The van der Waals surface area contributed by atoms with E-state index in [0.29, 0.717) is 0 Å². The number of aromatic nitrogens is 2. The van der Waals surface area contributed by atoms with Gasteiger partial charge in [0.25, 0.3) is 0 Å². The summed E-state index contributed by atoms with van der Waals surface area (Å²) in [5, 5.41) is 10.4. The molecule has 1 unspecified atom stereocenters. The van der Waals surface area contributed by atoms with Crippen molar-refractivity contribution >= 4 is 18.3 Å². The average Bonchev–Trinajstić information content (AvgIpc) is 2.81. The quantitative estimate of drug-likeness (QED) is 0.791. The smallest absolute Gasteiger partial charge is 0.224 e. The number of carbonyl (C=O) groups excluding carboxylic acids is 1. The molecule has 1 aliphatic rings. The second-order valence-electron chi connectivity index (χ2n) is 4.96. The molecule has 2 heterocycles. The van der Waals surface area contributed by atoms with Crippen molar-refractivity contribution in [2.75, 3.05) is 19.6 Å². The molecule has 0 radical (unpaired) electrons. The predicted octanol–water partition coefficient (Wildman–Crippen LogP) is 0.890. The molecule has 108 valence electrons. The predicted molar refractivity (Wildman–Crippen MR) is 77.4 cm³/mol. The molecule has 0 spiro atoms. The van der Waals surface area contributed by atoms with Gasteiger partial charge in [0.15, 0.2) is 0 Å². The van der Waals surface area contributed by atoms with Crippen molar-refractivity contribution in [3.8, 4) is 0 Å². The first-order valence-electron chi connectivity index (χ1n) is 6.71. The van der Waals surface area contributed by atoms with Crippen LogP contribution in [0.2, 0.25) is 0 Å². The van der Waals surface area contributed by atoms with E-state index in [1.807, 2.05) is 24.1 Å². The lowest BCUT2D eigenvalue weighted by Gasteiger charge is -2.21. The van der Waals surface area contributed by atoms with E-state index in [9.17, 15) is 4.79 Å². The van der Waals surface area contributed by atoms with Gasteiger partial charge in [0.2, 0.25) is 5.91 Å². The third-order valence-corrected chi connectivity index (χ3v) is 3.37. The zero-order valence-corrected chi connectivity index (χ0v) is 12.2. The number of nitrogens with one attached hydrogen (secondary N) is 2. The summed E-state index contributed by atoms with van der Waals surface area (Å²) in [6.45, 7) is 2.63. The van der Waals surface area contributed by atoms with E-state index in [1.54, 1.807) is 0 Å². The first-order valence-corrected chi connectivity index (χ1v) is 6.71. The van der Waals surface area contributed by atoms with Crippen molar-refractivity contribution in [2.24, 2.45) is 13.0 Å². The Kier molecular flexibility index (Phi) is 6.87. The summed E-state index contributed by atoms with van der Waals surface area (Å²) < 4.78 is 1.81. The molecule has 1 fully saturated rings. The third kappa shape index (κ3) is 5.20. The molecule has 2 rings (SSSR count). The molecule has 1 aliphatic heterocycles. The van der Waals surface area contributed by atoms with E-state index in [1.165, 1.54) is 5.56 Å². The highest BCUT2D eigenvalue weighted by Crippen LogP contribution is 2.09. The summed E-state index contributed by atoms with van der Waals surface area (Å²) >= 11 is 0. The largest absolute Gasteiger partial charge is 0.356 e. The Balaban J connectivity index is 0.00000180. The van der Waals surface area contributed by atoms with Gasteiger partial charge in [0.1, 0.15) is 0 Å². The maximum Gasteiger partial charge on any atom is 0.224 e. The van der Waals surface area contributed by atoms with Gasteiger partial charge in [-0.3, -0.25) is 9.48 Å². The van der Waals surface area contributed by atoms with Crippen LogP contribution in [0.15, 0.2) is 12.4 Å². The number of piperidine rings is 1. The zero-order valence-electron chi connectivity index (χ0n) is 11.4. The van der Waals surface area contributed by atoms with Crippen LogP contribution in [0.3, 0.4) is 0 Å². The summed E-state index contributed by atoms with van der Waals surface area (Å²) in [6.07, 6.45) is 7.96. The van der Waals surface area contributed by atoms with Gasteiger partial charge in [-0.05, 0) is 37.8 Å². The van der Waals surface area contributed by atoms with Crippen LogP contribution in [0.1, 0.15) is 24.8 Å². The van der Waals surface area contributed by atoms with Gasteiger partial charge in [0.05, 0.1) is 12.1 Å². The van der Waals surface area contributed by atoms with Crippen LogP contribution in [0, 0.1) is 5.92 Å². The summed E-state index contributed by atoms with van der Waals surface area (Å²) in [5.41, 5.74) is 1.23. The first kappa shape index (κ1) is 16.0. The Morgan fingerprint density at radius 2 is 2.47 bits per heavy atom. The number of amides is 1.